The zero-order chi connectivity index (χ0) is 20.9. The van der Waals surface area contributed by atoms with Crippen molar-refractivity contribution in [3.05, 3.63) is 35.9 Å². The van der Waals surface area contributed by atoms with E-state index in [0.717, 1.165) is 50.0 Å². The van der Waals surface area contributed by atoms with Crippen LogP contribution in [-0.2, 0) is 11.2 Å². The molecule has 30 heavy (non-hydrogen) atoms. The van der Waals surface area contributed by atoms with Crippen LogP contribution in [0.15, 0.2) is 35.3 Å². The number of hydrogen-bond acceptors (Lipinski definition) is 3. The number of carbonyl (C=O) groups is 1. The maximum Gasteiger partial charge on any atom is 0.243 e. The number of nitrogens with zero attached hydrogens (tertiary/aromatic N) is 4. The highest BCUT2D eigenvalue weighted by atomic mass is 16.2. The number of guanidine groups is 1. The molecule has 3 fully saturated rings. The van der Waals surface area contributed by atoms with E-state index in [1.54, 1.807) is 19.0 Å². The minimum Gasteiger partial charge on any atom is -0.356 e. The van der Waals surface area contributed by atoms with Crippen LogP contribution >= 0.6 is 0 Å². The molecule has 1 amide bonds. The van der Waals surface area contributed by atoms with Crippen LogP contribution in [-0.4, -0.2) is 85.5 Å². The summed E-state index contributed by atoms with van der Waals surface area (Å²) in [6.45, 7) is 4.41. The van der Waals surface area contributed by atoms with E-state index in [1.807, 2.05) is 0 Å². The third-order valence-corrected chi connectivity index (χ3v) is 6.83. The largest absolute Gasteiger partial charge is 0.356 e. The molecule has 164 valence electrons. The second-order valence-corrected chi connectivity index (χ2v) is 9.26. The average Bonchev–Trinajstić information content (AvgIpc) is 3.61. The molecule has 2 heterocycles. The monoisotopic (exact) mass is 411 g/mol. The lowest BCUT2D eigenvalue weighted by Gasteiger charge is -2.48. The van der Waals surface area contributed by atoms with E-state index in [2.05, 4.69) is 45.4 Å². The van der Waals surface area contributed by atoms with Crippen molar-refractivity contribution in [2.45, 2.75) is 50.6 Å². The molecule has 2 unspecified atom stereocenters. The number of likely N-dealkylation sites (tertiary alicyclic amines) is 2. The summed E-state index contributed by atoms with van der Waals surface area (Å²) in [6.07, 6.45) is 7.59. The van der Waals surface area contributed by atoms with E-state index in [-0.39, 0.29) is 12.5 Å². The van der Waals surface area contributed by atoms with Crippen LogP contribution in [0.4, 0.5) is 0 Å². The zero-order valence-electron chi connectivity index (χ0n) is 18.6. The van der Waals surface area contributed by atoms with Crippen molar-refractivity contribution in [1.82, 2.24) is 20.0 Å². The number of nitrogens with one attached hydrogen (secondary N) is 1. The van der Waals surface area contributed by atoms with Gasteiger partial charge in [-0.3, -0.25) is 9.69 Å². The lowest BCUT2D eigenvalue weighted by Crippen LogP contribution is -2.57. The predicted octanol–water partition coefficient (Wildman–Crippen LogP) is 2.21. The first-order valence-electron chi connectivity index (χ1n) is 11.6. The van der Waals surface area contributed by atoms with E-state index in [9.17, 15) is 4.79 Å². The van der Waals surface area contributed by atoms with Crippen LogP contribution in [0.1, 0.15) is 37.7 Å². The van der Waals surface area contributed by atoms with Crippen molar-refractivity contribution in [3.63, 3.8) is 0 Å². The number of fused-ring (bicyclic) bond motifs is 1. The van der Waals surface area contributed by atoms with E-state index in [1.165, 1.54) is 44.2 Å². The molecule has 3 aliphatic rings. The van der Waals surface area contributed by atoms with Crippen LogP contribution in [0.5, 0.6) is 0 Å². The first kappa shape index (κ1) is 21.2. The van der Waals surface area contributed by atoms with Gasteiger partial charge in [-0.2, -0.15) is 0 Å². The molecule has 1 aromatic rings. The van der Waals surface area contributed by atoms with E-state index < -0.39 is 0 Å². The Morgan fingerprint density at radius 3 is 2.67 bits per heavy atom. The highest BCUT2D eigenvalue weighted by molar-refractivity contribution is 5.85. The number of aliphatic imine (C=N–C) groups is 1. The molecule has 2 saturated heterocycles. The summed E-state index contributed by atoms with van der Waals surface area (Å²) in [5, 5.41) is 3.57. The molecule has 6 nitrogen and oxygen atoms in total. The number of carbonyl (C=O) groups excluding carboxylic acids is 1. The van der Waals surface area contributed by atoms with E-state index in [4.69, 9.17) is 4.99 Å². The molecule has 1 saturated carbocycles. The molecule has 0 radical (unpaired) electrons. The van der Waals surface area contributed by atoms with Gasteiger partial charge in [-0.25, -0.2) is 4.99 Å². The Labute approximate surface area is 181 Å². The topological polar surface area (TPSA) is 51.2 Å². The number of likely N-dealkylation sites (N-methyl/N-ethyl adjacent to an activating group) is 1. The minimum atomic E-state index is 0.0461. The Balaban J connectivity index is 1.39. The van der Waals surface area contributed by atoms with Crippen molar-refractivity contribution in [2.24, 2.45) is 10.9 Å². The molecule has 1 aliphatic carbocycles. The molecular formula is C24H37N5O. The molecule has 0 aromatic heterocycles. The first-order valence-corrected chi connectivity index (χ1v) is 11.6. The van der Waals surface area contributed by atoms with Gasteiger partial charge in [-0.05, 0) is 56.6 Å². The second kappa shape index (κ2) is 9.82. The molecule has 0 spiro atoms. The maximum atomic E-state index is 12.1. The third kappa shape index (κ3) is 5.34. The Bertz CT molecular complexity index is 730. The normalized spacial score (nSPS) is 25.0. The van der Waals surface area contributed by atoms with Gasteiger partial charge in [-0.15, -0.1) is 0 Å². The Hall–Kier alpha value is -2.08. The second-order valence-electron chi connectivity index (χ2n) is 9.26. The molecule has 2 atom stereocenters. The van der Waals surface area contributed by atoms with Gasteiger partial charge in [-0.1, -0.05) is 30.3 Å². The number of rotatable bonds is 6. The van der Waals surface area contributed by atoms with Crippen molar-refractivity contribution < 1.29 is 4.79 Å². The fourth-order valence-corrected chi connectivity index (χ4v) is 5.01. The summed E-state index contributed by atoms with van der Waals surface area (Å²) >= 11 is 0. The minimum absolute atomic E-state index is 0.0461. The van der Waals surface area contributed by atoms with E-state index >= 15 is 0 Å². The summed E-state index contributed by atoms with van der Waals surface area (Å²) < 4.78 is 0. The van der Waals surface area contributed by atoms with Crippen molar-refractivity contribution in [1.29, 1.82) is 0 Å². The van der Waals surface area contributed by atoms with Gasteiger partial charge in [0.15, 0.2) is 5.96 Å². The quantitative estimate of drug-likeness (QED) is 0.576. The van der Waals surface area contributed by atoms with Gasteiger partial charge < -0.3 is 15.1 Å². The first-order chi connectivity index (χ1) is 14.6. The van der Waals surface area contributed by atoms with Crippen LogP contribution in [0, 0.1) is 5.92 Å². The maximum absolute atomic E-state index is 12.1. The number of benzene rings is 1. The van der Waals surface area contributed by atoms with Gasteiger partial charge in [0, 0.05) is 45.8 Å². The molecule has 2 aliphatic heterocycles. The summed E-state index contributed by atoms with van der Waals surface area (Å²) in [4.78, 5) is 23.7. The van der Waals surface area contributed by atoms with Gasteiger partial charge in [0.25, 0.3) is 0 Å². The molecule has 4 rings (SSSR count). The molecular weight excluding hydrogens is 374 g/mol. The summed E-state index contributed by atoms with van der Waals surface area (Å²) in [7, 11) is 3.58. The highest BCUT2D eigenvalue weighted by Gasteiger charge is 2.42. The van der Waals surface area contributed by atoms with Gasteiger partial charge in [0.1, 0.15) is 6.54 Å². The van der Waals surface area contributed by atoms with Crippen LogP contribution in [0.2, 0.25) is 0 Å². The number of hydrogen-bond donors (Lipinski definition) is 1. The Kier molecular flexibility index (Phi) is 6.93. The van der Waals surface area contributed by atoms with Crippen molar-refractivity contribution >= 4 is 11.9 Å². The number of piperidine rings is 2. The Morgan fingerprint density at radius 1 is 1.13 bits per heavy atom. The third-order valence-electron chi connectivity index (χ3n) is 6.83. The lowest BCUT2D eigenvalue weighted by molar-refractivity contribution is -0.127. The summed E-state index contributed by atoms with van der Waals surface area (Å²) in [5.74, 6) is 1.67. The van der Waals surface area contributed by atoms with Crippen molar-refractivity contribution in [3.8, 4) is 0 Å². The fourth-order valence-electron chi connectivity index (χ4n) is 5.01. The number of amides is 1. The Morgan fingerprint density at radius 2 is 1.93 bits per heavy atom. The van der Waals surface area contributed by atoms with E-state index in [0.29, 0.717) is 0 Å². The van der Waals surface area contributed by atoms with Gasteiger partial charge in [0.2, 0.25) is 5.91 Å². The van der Waals surface area contributed by atoms with Crippen molar-refractivity contribution in [2.75, 3.05) is 46.8 Å². The average molecular weight is 412 g/mol. The SMILES string of the molecule is CN(C)C(=O)CN=C(NCCc1ccccc1)N1CCC2C(CCCN2C2CC2)C1. The van der Waals surface area contributed by atoms with Crippen LogP contribution in [0.3, 0.4) is 0 Å². The molecule has 1 N–H and O–H groups in total. The van der Waals surface area contributed by atoms with Crippen LogP contribution in [0.25, 0.3) is 0 Å². The van der Waals surface area contributed by atoms with Gasteiger partial charge in [0.05, 0.1) is 0 Å². The standard InChI is InChI=1S/C24H37N5O/c1-27(2)23(30)17-26-24(25-14-12-19-7-4-3-5-8-19)28-16-13-22-20(18-28)9-6-15-29(22)21-10-11-21/h3-5,7-8,20-22H,6,9-18H2,1-2H3,(H,25,26). The van der Waals surface area contributed by atoms with Gasteiger partial charge >= 0.3 is 0 Å². The molecule has 0 bridgehead atoms. The predicted molar refractivity (Wildman–Crippen MR) is 122 cm³/mol. The van der Waals surface area contributed by atoms with Crippen LogP contribution < -0.4 is 5.32 Å². The highest BCUT2D eigenvalue weighted by Crippen LogP contribution is 2.38. The summed E-state index contributed by atoms with van der Waals surface area (Å²) in [6, 6.07) is 12.1. The smallest absolute Gasteiger partial charge is 0.243 e. The summed E-state index contributed by atoms with van der Waals surface area (Å²) in [5.41, 5.74) is 1.32. The zero-order valence-corrected chi connectivity index (χ0v) is 18.6. The fraction of sp³-hybridized carbons (Fsp3) is 0.667. The molecule has 1 aromatic carbocycles. The lowest BCUT2D eigenvalue weighted by atomic mass is 9.83. The molecule has 6 heteroatoms.